The lowest BCUT2D eigenvalue weighted by atomic mass is 10.5. The minimum absolute atomic E-state index is 0.357. The Morgan fingerprint density at radius 3 is 3.00 bits per heavy atom. The van der Waals surface area contributed by atoms with Crippen LogP contribution < -0.4 is 0 Å². The van der Waals surface area contributed by atoms with Crippen LogP contribution in [0.1, 0.15) is 17.6 Å². The first kappa shape index (κ1) is 10.5. The molecule has 0 fully saturated rings. The number of carboxylic acid groups (broad SMARTS) is 1. The SMILES string of the molecule is Cc1csc(CSC(C)C(=O)O)n1. The maximum atomic E-state index is 10.5. The number of carbonyl (C=O) groups is 1. The van der Waals surface area contributed by atoms with Crippen molar-refractivity contribution in [3.63, 3.8) is 0 Å². The molecule has 5 heteroatoms. The van der Waals surface area contributed by atoms with E-state index in [1.807, 2.05) is 12.3 Å². The zero-order chi connectivity index (χ0) is 9.84. The number of thiazole rings is 1. The molecule has 0 aliphatic rings. The van der Waals surface area contributed by atoms with Gasteiger partial charge in [-0.15, -0.1) is 23.1 Å². The average molecular weight is 217 g/mol. The smallest absolute Gasteiger partial charge is 0.316 e. The number of hydrogen-bond donors (Lipinski definition) is 1. The molecular formula is C8H11NO2S2. The van der Waals surface area contributed by atoms with Gasteiger partial charge in [0.2, 0.25) is 0 Å². The van der Waals surface area contributed by atoms with E-state index in [1.165, 1.54) is 11.8 Å². The van der Waals surface area contributed by atoms with Crippen LogP contribution in [0.4, 0.5) is 0 Å². The predicted molar refractivity (Wildman–Crippen MR) is 55.2 cm³/mol. The Morgan fingerprint density at radius 2 is 2.54 bits per heavy atom. The summed E-state index contributed by atoms with van der Waals surface area (Å²) in [4.78, 5) is 14.7. The summed E-state index contributed by atoms with van der Waals surface area (Å²) in [5, 5.41) is 11.2. The minimum atomic E-state index is -0.765. The van der Waals surface area contributed by atoms with Crippen molar-refractivity contribution in [3.05, 3.63) is 16.1 Å². The van der Waals surface area contributed by atoms with Gasteiger partial charge in [-0.25, -0.2) is 4.98 Å². The van der Waals surface area contributed by atoms with E-state index in [0.717, 1.165) is 10.7 Å². The van der Waals surface area contributed by atoms with Gasteiger partial charge >= 0.3 is 5.97 Å². The molecular weight excluding hydrogens is 206 g/mol. The van der Waals surface area contributed by atoms with Crippen LogP contribution in [0.5, 0.6) is 0 Å². The van der Waals surface area contributed by atoms with Crippen LogP contribution in [0, 0.1) is 6.92 Å². The molecule has 3 nitrogen and oxygen atoms in total. The highest BCUT2D eigenvalue weighted by Crippen LogP contribution is 2.20. The van der Waals surface area contributed by atoms with E-state index < -0.39 is 5.97 Å². The highest BCUT2D eigenvalue weighted by atomic mass is 32.2. The Hall–Kier alpha value is -0.550. The lowest BCUT2D eigenvalue weighted by molar-refractivity contribution is -0.136. The van der Waals surface area contributed by atoms with Crippen LogP contribution in [0.15, 0.2) is 5.38 Å². The molecule has 0 radical (unpaired) electrons. The number of hydrogen-bond acceptors (Lipinski definition) is 4. The fourth-order valence-corrected chi connectivity index (χ4v) is 2.37. The fourth-order valence-electron chi connectivity index (χ4n) is 0.737. The van der Waals surface area contributed by atoms with Crippen LogP contribution in [0.2, 0.25) is 0 Å². The van der Waals surface area contributed by atoms with Crippen molar-refractivity contribution in [1.82, 2.24) is 4.98 Å². The standard InChI is InChI=1S/C8H11NO2S2/c1-5-3-13-7(9-5)4-12-6(2)8(10)11/h3,6H,4H2,1-2H3,(H,10,11). The number of carboxylic acids is 1. The van der Waals surface area contributed by atoms with Crippen molar-refractivity contribution in [2.24, 2.45) is 0 Å². The quantitative estimate of drug-likeness (QED) is 0.839. The second-order valence-electron chi connectivity index (χ2n) is 2.67. The molecule has 1 heterocycles. The Bertz CT molecular complexity index is 298. The third-order valence-corrected chi connectivity index (χ3v) is 3.76. The number of aryl methyl sites for hydroxylation is 1. The van der Waals surface area contributed by atoms with E-state index in [-0.39, 0.29) is 5.25 Å². The number of aromatic nitrogens is 1. The van der Waals surface area contributed by atoms with Crippen LogP contribution in [-0.4, -0.2) is 21.3 Å². The van der Waals surface area contributed by atoms with Crippen molar-refractivity contribution in [2.45, 2.75) is 24.9 Å². The molecule has 13 heavy (non-hydrogen) atoms. The monoisotopic (exact) mass is 217 g/mol. The predicted octanol–water partition coefficient (Wildman–Crippen LogP) is 2.16. The minimum Gasteiger partial charge on any atom is -0.480 e. The number of nitrogens with zero attached hydrogens (tertiary/aromatic N) is 1. The van der Waals surface area contributed by atoms with E-state index in [1.54, 1.807) is 18.3 Å². The van der Waals surface area contributed by atoms with Crippen molar-refractivity contribution < 1.29 is 9.90 Å². The zero-order valence-electron chi connectivity index (χ0n) is 7.48. The van der Waals surface area contributed by atoms with Gasteiger partial charge in [0, 0.05) is 16.8 Å². The van der Waals surface area contributed by atoms with E-state index >= 15 is 0 Å². The summed E-state index contributed by atoms with van der Waals surface area (Å²) in [6, 6.07) is 0. The van der Waals surface area contributed by atoms with Gasteiger partial charge in [-0.1, -0.05) is 0 Å². The Kier molecular flexibility index (Phi) is 3.74. The molecule has 1 aromatic heterocycles. The largest absolute Gasteiger partial charge is 0.480 e. The van der Waals surface area contributed by atoms with Gasteiger partial charge < -0.3 is 5.11 Å². The van der Waals surface area contributed by atoms with Crippen LogP contribution in [0.3, 0.4) is 0 Å². The number of thioether (sulfide) groups is 1. The summed E-state index contributed by atoms with van der Waals surface area (Å²) in [5.74, 6) is -0.0790. The van der Waals surface area contributed by atoms with Crippen molar-refractivity contribution in [3.8, 4) is 0 Å². The second-order valence-corrected chi connectivity index (χ2v) is 4.95. The molecule has 0 saturated heterocycles. The lowest BCUT2D eigenvalue weighted by Crippen LogP contribution is -2.11. The van der Waals surface area contributed by atoms with Crippen LogP contribution in [-0.2, 0) is 10.5 Å². The number of aliphatic carboxylic acids is 1. The third kappa shape index (κ3) is 3.36. The van der Waals surface area contributed by atoms with Gasteiger partial charge in [0.25, 0.3) is 0 Å². The zero-order valence-corrected chi connectivity index (χ0v) is 9.11. The highest BCUT2D eigenvalue weighted by molar-refractivity contribution is 7.99. The summed E-state index contributed by atoms with van der Waals surface area (Å²) >= 11 is 2.98. The molecule has 0 amide bonds. The van der Waals surface area contributed by atoms with Crippen molar-refractivity contribution >= 4 is 29.1 Å². The van der Waals surface area contributed by atoms with Gasteiger partial charge in [0.15, 0.2) is 0 Å². The number of rotatable bonds is 4. The molecule has 1 rings (SSSR count). The van der Waals surface area contributed by atoms with Crippen LogP contribution >= 0.6 is 23.1 Å². The van der Waals surface area contributed by atoms with Gasteiger partial charge in [-0.3, -0.25) is 4.79 Å². The first-order chi connectivity index (χ1) is 6.09. The van der Waals surface area contributed by atoms with Gasteiger partial charge in [0.1, 0.15) is 5.01 Å². The molecule has 0 aliphatic heterocycles. The molecule has 72 valence electrons. The molecule has 0 bridgehead atoms. The highest BCUT2D eigenvalue weighted by Gasteiger charge is 2.11. The van der Waals surface area contributed by atoms with E-state index in [0.29, 0.717) is 5.75 Å². The van der Waals surface area contributed by atoms with E-state index in [4.69, 9.17) is 5.11 Å². The Labute approximate surface area is 85.2 Å². The Morgan fingerprint density at radius 1 is 1.85 bits per heavy atom. The maximum absolute atomic E-state index is 10.5. The summed E-state index contributed by atoms with van der Waals surface area (Å²) < 4.78 is 0. The van der Waals surface area contributed by atoms with Gasteiger partial charge in [-0.05, 0) is 13.8 Å². The first-order valence-electron chi connectivity index (χ1n) is 3.85. The van der Waals surface area contributed by atoms with E-state index in [2.05, 4.69) is 4.98 Å². The van der Waals surface area contributed by atoms with Crippen molar-refractivity contribution in [2.75, 3.05) is 0 Å². The average Bonchev–Trinajstić information content (AvgIpc) is 2.47. The normalized spacial score (nSPS) is 12.8. The molecule has 0 aliphatic carbocycles. The summed E-state index contributed by atoms with van der Waals surface area (Å²) in [6.07, 6.45) is 0. The summed E-state index contributed by atoms with van der Waals surface area (Å²) in [5.41, 5.74) is 1.00. The molecule has 1 aromatic rings. The summed E-state index contributed by atoms with van der Waals surface area (Å²) in [7, 11) is 0. The van der Waals surface area contributed by atoms with Crippen molar-refractivity contribution in [1.29, 1.82) is 0 Å². The molecule has 0 saturated carbocycles. The molecule has 0 aromatic carbocycles. The molecule has 1 unspecified atom stereocenters. The molecule has 1 N–H and O–H groups in total. The third-order valence-electron chi connectivity index (χ3n) is 1.47. The molecule has 1 atom stereocenters. The van der Waals surface area contributed by atoms with E-state index in [9.17, 15) is 4.79 Å². The van der Waals surface area contributed by atoms with Gasteiger partial charge in [0.05, 0.1) is 5.25 Å². The first-order valence-corrected chi connectivity index (χ1v) is 5.78. The van der Waals surface area contributed by atoms with Gasteiger partial charge in [-0.2, -0.15) is 0 Å². The maximum Gasteiger partial charge on any atom is 0.316 e. The Balaban J connectivity index is 2.39. The van der Waals surface area contributed by atoms with Crippen LogP contribution in [0.25, 0.3) is 0 Å². The topological polar surface area (TPSA) is 50.2 Å². The fraction of sp³-hybridized carbons (Fsp3) is 0.500. The second kappa shape index (κ2) is 4.62. The summed E-state index contributed by atoms with van der Waals surface area (Å²) in [6.45, 7) is 3.62. The molecule has 0 spiro atoms. The lowest BCUT2D eigenvalue weighted by Gasteiger charge is -2.02.